The van der Waals surface area contributed by atoms with Crippen LogP contribution >= 0.6 is 0 Å². The van der Waals surface area contributed by atoms with E-state index < -0.39 is 0 Å². The minimum atomic E-state index is -0.0804. The van der Waals surface area contributed by atoms with Gasteiger partial charge in [-0.3, -0.25) is 4.79 Å². The van der Waals surface area contributed by atoms with E-state index in [9.17, 15) is 4.79 Å². The Morgan fingerprint density at radius 3 is 2.53 bits per heavy atom. The van der Waals surface area contributed by atoms with Gasteiger partial charge in [-0.05, 0) is 39.2 Å². The molecular formula is C16H30N2O. The van der Waals surface area contributed by atoms with Crippen LogP contribution in [0.3, 0.4) is 0 Å². The van der Waals surface area contributed by atoms with Crippen molar-refractivity contribution in [3.63, 3.8) is 0 Å². The van der Waals surface area contributed by atoms with Gasteiger partial charge in [0.05, 0.1) is 0 Å². The molecule has 1 heterocycles. The van der Waals surface area contributed by atoms with Gasteiger partial charge >= 0.3 is 0 Å². The molecule has 2 aliphatic rings. The molecule has 2 fully saturated rings. The van der Waals surface area contributed by atoms with E-state index in [1.165, 1.54) is 38.5 Å². The van der Waals surface area contributed by atoms with Crippen molar-refractivity contribution in [1.29, 1.82) is 0 Å². The summed E-state index contributed by atoms with van der Waals surface area (Å²) in [6, 6.07) is 0.518. The third kappa shape index (κ3) is 3.71. The van der Waals surface area contributed by atoms with Gasteiger partial charge in [-0.2, -0.15) is 0 Å². The molecule has 2 rings (SSSR count). The van der Waals surface area contributed by atoms with Gasteiger partial charge in [0.2, 0.25) is 5.91 Å². The Kier molecular flexibility index (Phi) is 5.26. The molecule has 0 radical (unpaired) electrons. The molecule has 0 aromatic rings. The van der Waals surface area contributed by atoms with E-state index in [-0.39, 0.29) is 5.41 Å². The van der Waals surface area contributed by atoms with E-state index in [2.05, 4.69) is 24.1 Å². The van der Waals surface area contributed by atoms with Crippen molar-refractivity contribution in [2.24, 2.45) is 5.41 Å². The zero-order valence-corrected chi connectivity index (χ0v) is 12.7. The van der Waals surface area contributed by atoms with Gasteiger partial charge in [0.25, 0.3) is 0 Å². The largest absolute Gasteiger partial charge is 0.341 e. The highest BCUT2D eigenvalue weighted by Gasteiger charge is 2.37. The van der Waals surface area contributed by atoms with Gasteiger partial charge < -0.3 is 10.2 Å². The van der Waals surface area contributed by atoms with Gasteiger partial charge in [-0.15, -0.1) is 0 Å². The van der Waals surface area contributed by atoms with Crippen LogP contribution in [0.25, 0.3) is 0 Å². The first kappa shape index (κ1) is 14.8. The van der Waals surface area contributed by atoms with E-state index in [0.29, 0.717) is 11.9 Å². The van der Waals surface area contributed by atoms with Crippen LogP contribution in [0.15, 0.2) is 0 Å². The SMILES string of the molecule is CCN(CC1CCCCN1)C(=O)C1(C)CCCCC1. The van der Waals surface area contributed by atoms with Crippen LogP contribution in [-0.4, -0.2) is 36.5 Å². The first-order valence-electron chi connectivity index (χ1n) is 8.18. The van der Waals surface area contributed by atoms with Crippen LogP contribution in [0.5, 0.6) is 0 Å². The zero-order chi connectivity index (χ0) is 13.7. The predicted molar refractivity (Wildman–Crippen MR) is 79.1 cm³/mol. The van der Waals surface area contributed by atoms with Crippen molar-refractivity contribution in [1.82, 2.24) is 10.2 Å². The Hall–Kier alpha value is -0.570. The highest BCUT2D eigenvalue weighted by molar-refractivity contribution is 5.82. The summed E-state index contributed by atoms with van der Waals surface area (Å²) in [5.41, 5.74) is -0.0804. The number of hydrogen-bond acceptors (Lipinski definition) is 2. The lowest BCUT2D eigenvalue weighted by Crippen LogP contribution is -2.50. The number of rotatable bonds is 4. The standard InChI is InChI=1S/C16H30N2O/c1-3-18(13-14-9-5-8-12-17-14)15(19)16(2)10-6-4-7-11-16/h14,17H,3-13H2,1-2H3. The molecule has 1 amide bonds. The second-order valence-corrected chi connectivity index (χ2v) is 6.61. The van der Waals surface area contributed by atoms with Gasteiger partial charge in [-0.25, -0.2) is 0 Å². The summed E-state index contributed by atoms with van der Waals surface area (Å²) in [6.45, 7) is 7.18. The Labute approximate surface area is 118 Å². The summed E-state index contributed by atoms with van der Waals surface area (Å²) < 4.78 is 0. The van der Waals surface area contributed by atoms with Crippen molar-refractivity contribution >= 4 is 5.91 Å². The monoisotopic (exact) mass is 266 g/mol. The first-order chi connectivity index (χ1) is 9.15. The molecule has 1 unspecified atom stereocenters. The number of nitrogens with one attached hydrogen (secondary N) is 1. The molecule has 110 valence electrons. The third-order valence-electron chi connectivity index (χ3n) is 5.00. The average molecular weight is 266 g/mol. The number of nitrogens with zero attached hydrogens (tertiary/aromatic N) is 1. The van der Waals surface area contributed by atoms with E-state index in [1.807, 2.05) is 0 Å². The van der Waals surface area contributed by atoms with Gasteiger partial charge in [-0.1, -0.05) is 32.6 Å². The highest BCUT2D eigenvalue weighted by atomic mass is 16.2. The number of hydrogen-bond donors (Lipinski definition) is 1. The fraction of sp³-hybridized carbons (Fsp3) is 0.938. The number of carbonyl (C=O) groups excluding carboxylic acids is 1. The third-order valence-corrected chi connectivity index (χ3v) is 5.00. The molecule has 1 aliphatic carbocycles. The number of carbonyl (C=O) groups is 1. The number of amides is 1. The molecule has 1 saturated carbocycles. The van der Waals surface area contributed by atoms with Crippen LogP contribution in [0, 0.1) is 5.41 Å². The average Bonchev–Trinajstić information content (AvgIpc) is 2.46. The molecule has 19 heavy (non-hydrogen) atoms. The van der Waals surface area contributed by atoms with Crippen LogP contribution in [0.4, 0.5) is 0 Å². The van der Waals surface area contributed by atoms with Gasteiger partial charge in [0.1, 0.15) is 0 Å². The summed E-state index contributed by atoms with van der Waals surface area (Å²) in [4.78, 5) is 14.9. The molecule has 0 bridgehead atoms. The van der Waals surface area contributed by atoms with E-state index in [0.717, 1.165) is 32.5 Å². The van der Waals surface area contributed by atoms with Crippen LogP contribution in [0.1, 0.15) is 65.2 Å². The molecule has 1 atom stereocenters. The molecular weight excluding hydrogens is 236 g/mol. The van der Waals surface area contributed by atoms with Gasteiger partial charge in [0.15, 0.2) is 0 Å². The molecule has 0 spiro atoms. The van der Waals surface area contributed by atoms with E-state index in [1.54, 1.807) is 0 Å². The van der Waals surface area contributed by atoms with Crippen molar-refractivity contribution in [2.75, 3.05) is 19.6 Å². The molecule has 3 heteroatoms. The molecule has 0 aromatic heterocycles. The second-order valence-electron chi connectivity index (χ2n) is 6.61. The molecule has 1 aliphatic heterocycles. The Morgan fingerprint density at radius 1 is 1.21 bits per heavy atom. The lowest BCUT2D eigenvalue weighted by molar-refractivity contribution is -0.143. The van der Waals surface area contributed by atoms with Crippen molar-refractivity contribution in [3.05, 3.63) is 0 Å². The van der Waals surface area contributed by atoms with Crippen LogP contribution in [-0.2, 0) is 4.79 Å². The van der Waals surface area contributed by atoms with Crippen LogP contribution in [0.2, 0.25) is 0 Å². The predicted octanol–water partition coefficient (Wildman–Crippen LogP) is 2.95. The number of piperidine rings is 1. The lowest BCUT2D eigenvalue weighted by Gasteiger charge is -2.38. The zero-order valence-electron chi connectivity index (χ0n) is 12.7. The summed E-state index contributed by atoms with van der Waals surface area (Å²) in [5, 5.41) is 3.56. The second kappa shape index (κ2) is 6.74. The van der Waals surface area contributed by atoms with Crippen molar-refractivity contribution in [3.8, 4) is 0 Å². The van der Waals surface area contributed by atoms with E-state index in [4.69, 9.17) is 0 Å². The fourth-order valence-electron chi connectivity index (χ4n) is 3.63. The van der Waals surface area contributed by atoms with Gasteiger partial charge in [0, 0.05) is 24.5 Å². The molecule has 3 nitrogen and oxygen atoms in total. The number of likely N-dealkylation sites (N-methyl/N-ethyl adjacent to an activating group) is 1. The van der Waals surface area contributed by atoms with Crippen molar-refractivity contribution in [2.45, 2.75) is 71.3 Å². The Balaban J connectivity index is 1.93. The quantitative estimate of drug-likeness (QED) is 0.848. The van der Waals surface area contributed by atoms with E-state index >= 15 is 0 Å². The van der Waals surface area contributed by atoms with Crippen molar-refractivity contribution < 1.29 is 4.79 Å². The fourth-order valence-corrected chi connectivity index (χ4v) is 3.63. The maximum atomic E-state index is 12.8. The maximum absolute atomic E-state index is 12.8. The summed E-state index contributed by atoms with van der Waals surface area (Å²) in [6.07, 6.45) is 9.73. The summed E-state index contributed by atoms with van der Waals surface area (Å²) in [5.74, 6) is 0.405. The van der Waals surface area contributed by atoms with Crippen LogP contribution < -0.4 is 5.32 Å². The molecule has 1 N–H and O–H groups in total. The summed E-state index contributed by atoms with van der Waals surface area (Å²) in [7, 11) is 0. The topological polar surface area (TPSA) is 32.3 Å². The minimum absolute atomic E-state index is 0.0804. The Morgan fingerprint density at radius 2 is 1.95 bits per heavy atom. The maximum Gasteiger partial charge on any atom is 0.228 e. The minimum Gasteiger partial charge on any atom is -0.341 e. The highest BCUT2D eigenvalue weighted by Crippen LogP contribution is 2.37. The normalized spacial score (nSPS) is 26.9. The molecule has 1 saturated heterocycles. The smallest absolute Gasteiger partial charge is 0.228 e. The Bertz CT molecular complexity index is 291. The lowest BCUT2D eigenvalue weighted by atomic mass is 9.74. The molecule has 0 aromatic carbocycles. The summed E-state index contributed by atoms with van der Waals surface area (Å²) >= 11 is 0. The first-order valence-corrected chi connectivity index (χ1v) is 8.18.